The van der Waals surface area contributed by atoms with E-state index >= 15 is 0 Å². The minimum absolute atomic E-state index is 0.176. The molecule has 1 aromatic rings. The second kappa shape index (κ2) is 8.22. The zero-order valence-electron chi connectivity index (χ0n) is 12.9. The number of carbonyl (C=O) groups is 2. The highest BCUT2D eigenvalue weighted by Gasteiger charge is 2.30. The third-order valence-corrected chi connectivity index (χ3v) is 5.00. The number of carboxylic acids is 1. The second-order valence-corrected chi connectivity index (χ2v) is 6.62. The van der Waals surface area contributed by atoms with Crippen LogP contribution in [-0.2, 0) is 4.79 Å². The lowest BCUT2D eigenvalue weighted by Gasteiger charge is -2.27. The maximum atomic E-state index is 12.4. The summed E-state index contributed by atoms with van der Waals surface area (Å²) in [6.07, 6.45) is 7.46. The summed E-state index contributed by atoms with van der Waals surface area (Å²) in [6.45, 7) is 0. The lowest BCUT2D eigenvalue weighted by Crippen LogP contribution is -2.43. The molecule has 4 nitrogen and oxygen atoms in total. The van der Waals surface area contributed by atoms with Gasteiger partial charge in [0.1, 0.15) is 0 Å². The van der Waals surface area contributed by atoms with Crippen molar-refractivity contribution >= 4 is 23.6 Å². The minimum atomic E-state index is -0.801. The van der Waals surface area contributed by atoms with Crippen LogP contribution in [-0.4, -0.2) is 29.3 Å². The third kappa shape index (κ3) is 4.50. The van der Waals surface area contributed by atoms with Crippen molar-refractivity contribution in [2.75, 3.05) is 6.26 Å². The SMILES string of the molecule is CSc1ccc(C(=O)NC2CCCCCCC2C(=O)O)cc1. The number of hydrogen-bond donors (Lipinski definition) is 2. The maximum Gasteiger partial charge on any atom is 0.308 e. The van der Waals surface area contributed by atoms with Gasteiger partial charge in [0, 0.05) is 16.5 Å². The monoisotopic (exact) mass is 321 g/mol. The van der Waals surface area contributed by atoms with Gasteiger partial charge in [-0.05, 0) is 43.4 Å². The summed E-state index contributed by atoms with van der Waals surface area (Å²) in [5.74, 6) is -1.45. The molecule has 22 heavy (non-hydrogen) atoms. The first-order valence-corrected chi connectivity index (χ1v) is 9.02. The standard InChI is InChI=1S/C17H23NO3S/c1-22-13-10-8-12(9-11-13)16(19)18-15-7-5-3-2-4-6-14(15)17(20)21/h8-11,14-15H,2-7H2,1H3,(H,18,19)(H,20,21). The minimum Gasteiger partial charge on any atom is -0.481 e. The number of nitrogens with one attached hydrogen (secondary N) is 1. The Kier molecular flexibility index (Phi) is 6.31. The van der Waals surface area contributed by atoms with Crippen LogP contribution in [0.2, 0.25) is 0 Å². The number of benzene rings is 1. The Morgan fingerprint density at radius 2 is 1.73 bits per heavy atom. The van der Waals surface area contributed by atoms with Crippen molar-refractivity contribution in [1.29, 1.82) is 0 Å². The number of carboxylic acid groups (broad SMARTS) is 1. The molecule has 1 saturated carbocycles. The molecule has 0 aromatic heterocycles. The summed E-state index contributed by atoms with van der Waals surface area (Å²) in [5.41, 5.74) is 0.587. The van der Waals surface area contributed by atoms with Crippen LogP contribution in [0.3, 0.4) is 0 Å². The number of aliphatic carboxylic acids is 1. The maximum absolute atomic E-state index is 12.4. The van der Waals surface area contributed by atoms with E-state index < -0.39 is 11.9 Å². The van der Waals surface area contributed by atoms with E-state index in [0.717, 1.165) is 37.0 Å². The number of carbonyl (C=O) groups excluding carboxylic acids is 1. The molecule has 2 atom stereocenters. The fourth-order valence-electron chi connectivity index (χ4n) is 2.95. The molecule has 120 valence electrons. The zero-order chi connectivity index (χ0) is 15.9. The molecule has 1 amide bonds. The second-order valence-electron chi connectivity index (χ2n) is 5.74. The molecule has 0 spiro atoms. The fourth-order valence-corrected chi connectivity index (χ4v) is 3.36. The van der Waals surface area contributed by atoms with E-state index in [9.17, 15) is 14.7 Å². The Balaban J connectivity index is 2.06. The lowest BCUT2D eigenvalue weighted by molar-refractivity contribution is -0.143. The third-order valence-electron chi connectivity index (χ3n) is 4.25. The van der Waals surface area contributed by atoms with E-state index in [4.69, 9.17) is 0 Å². The Labute approximate surface area is 135 Å². The lowest BCUT2D eigenvalue weighted by atomic mass is 9.86. The molecule has 0 heterocycles. The Bertz CT molecular complexity index is 515. The van der Waals surface area contributed by atoms with Gasteiger partial charge in [-0.15, -0.1) is 11.8 Å². The number of hydrogen-bond acceptors (Lipinski definition) is 3. The van der Waals surface area contributed by atoms with E-state index in [0.29, 0.717) is 12.0 Å². The van der Waals surface area contributed by atoms with Crippen LogP contribution < -0.4 is 5.32 Å². The zero-order valence-corrected chi connectivity index (χ0v) is 13.7. The largest absolute Gasteiger partial charge is 0.481 e. The van der Waals surface area contributed by atoms with E-state index in [1.165, 1.54) is 0 Å². The van der Waals surface area contributed by atoms with E-state index in [1.807, 2.05) is 18.4 Å². The van der Waals surface area contributed by atoms with Crippen molar-refractivity contribution in [2.45, 2.75) is 49.5 Å². The van der Waals surface area contributed by atoms with Crippen LogP contribution in [0.15, 0.2) is 29.2 Å². The summed E-state index contributed by atoms with van der Waals surface area (Å²) in [6, 6.07) is 7.13. The van der Waals surface area contributed by atoms with Crippen molar-refractivity contribution in [3.8, 4) is 0 Å². The Morgan fingerprint density at radius 3 is 2.32 bits per heavy atom. The molecule has 1 aliphatic carbocycles. The molecule has 1 fully saturated rings. The molecule has 5 heteroatoms. The highest BCUT2D eigenvalue weighted by atomic mass is 32.2. The molecule has 2 unspecified atom stereocenters. The van der Waals surface area contributed by atoms with Gasteiger partial charge in [0.15, 0.2) is 0 Å². The van der Waals surface area contributed by atoms with Crippen LogP contribution in [0.5, 0.6) is 0 Å². The molecule has 2 N–H and O–H groups in total. The van der Waals surface area contributed by atoms with Gasteiger partial charge < -0.3 is 10.4 Å². The summed E-state index contributed by atoms with van der Waals surface area (Å²) in [5, 5.41) is 12.4. The molecular formula is C17H23NO3S. The van der Waals surface area contributed by atoms with Crippen LogP contribution >= 0.6 is 11.8 Å². The first kappa shape index (κ1) is 16.9. The highest BCUT2D eigenvalue weighted by molar-refractivity contribution is 7.98. The van der Waals surface area contributed by atoms with Crippen LogP contribution in [0.25, 0.3) is 0 Å². The summed E-state index contributed by atoms with van der Waals surface area (Å²) in [7, 11) is 0. The normalized spacial score (nSPS) is 22.4. The Hall–Kier alpha value is -1.49. The first-order valence-electron chi connectivity index (χ1n) is 7.79. The predicted octanol–water partition coefficient (Wildman–Crippen LogP) is 3.56. The van der Waals surface area contributed by atoms with E-state index in [-0.39, 0.29) is 11.9 Å². The van der Waals surface area contributed by atoms with Gasteiger partial charge in [-0.25, -0.2) is 0 Å². The number of thioether (sulfide) groups is 1. The Morgan fingerprint density at radius 1 is 1.09 bits per heavy atom. The topological polar surface area (TPSA) is 66.4 Å². The smallest absolute Gasteiger partial charge is 0.308 e. The summed E-state index contributed by atoms with van der Waals surface area (Å²) < 4.78 is 0. The van der Waals surface area contributed by atoms with Crippen LogP contribution in [0.1, 0.15) is 48.9 Å². The number of rotatable bonds is 4. The van der Waals surface area contributed by atoms with E-state index in [1.54, 1.807) is 23.9 Å². The molecule has 0 saturated heterocycles. The molecule has 1 aliphatic rings. The summed E-state index contributed by atoms with van der Waals surface area (Å²) >= 11 is 1.62. The molecule has 1 aromatic carbocycles. The number of amides is 1. The predicted molar refractivity (Wildman–Crippen MR) is 88.3 cm³/mol. The van der Waals surface area contributed by atoms with Gasteiger partial charge in [-0.3, -0.25) is 9.59 Å². The van der Waals surface area contributed by atoms with Crippen molar-refractivity contribution in [3.05, 3.63) is 29.8 Å². The molecule has 0 radical (unpaired) electrons. The van der Waals surface area contributed by atoms with Crippen molar-refractivity contribution in [3.63, 3.8) is 0 Å². The molecule has 0 aliphatic heterocycles. The van der Waals surface area contributed by atoms with Gasteiger partial charge in [0.25, 0.3) is 5.91 Å². The first-order chi connectivity index (χ1) is 10.6. The van der Waals surface area contributed by atoms with Crippen LogP contribution in [0.4, 0.5) is 0 Å². The van der Waals surface area contributed by atoms with Gasteiger partial charge in [-0.2, -0.15) is 0 Å². The van der Waals surface area contributed by atoms with Gasteiger partial charge >= 0.3 is 5.97 Å². The quantitative estimate of drug-likeness (QED) is 0.832. The molecule has 2 rings (SSSR count). The van der Waals surface area contributed by atoms with Gasteiger partial charge in [0.2, 0.25) is 0 Å². The highest BCUT2D eigenvalue weighted by Crippen LogP contribution is 2.24. The van der Waals surface area contributed by atoms with Crippen LogP contribution in [0, 0.1) is 5.92 Å². The fraction of sp³-hybridized carbons (Fsp3) is 0.529. The van der Waals surface area contributed by atoms with Crippen molar-refractivity contribution in [2.24, 2.45) is 5.92 Å². The van der Waals surface area contributed by atoms with Gasteiger partial charge in [0.05, 0.1) is 5.92 Å². The summed E-state index contributed by atoms with van der Waals surface area (Å²) in [4.78, 5) is 24.9. The van der Waals surface area contributed by atoms with E-state index in [2.05, 4.69) is 5.32 Å². The average Bonchev–Trinajstić information content (AvgIpc) is 2.49. The van der Waals surface area contributed by atoms with Gasteiger partial charge in [-0.1, -0.05) is 25.7 Å². The molecular weight excluding hydrogens is 298 g/mol. The molecule has 0 bridgehead atoms. The van der Waals surface area contributed by atoms with Crippen molar-refractivity contribution in [1.82, 2.24) is 5.32 Å². The van der Waals surface area contributed by atoms with Crippen molar-refractivity contribution < 1.29 is 14.7 Å². The average molecular weight is 321 g/mol.